The molecule has 1 aliphatic rings. The first-order valence-corrected chi connectivity index (χ1v) is 5.93. The monoisotopic (exact) mass is 252 g/mol. The van der Waals surface area contributed by atoms with Gasteiger partial charge in [0, 0.05) is 11.4 Å². The largest absolute Gasteiger partial charge is 0.480 e. The van der Waals surface area contributed by atoms with Gasteiger partial charge in [-0.2, -0.15) is 0 Å². The fourth-order valence-electron chi connectivity index (χ4n) is 2.37. The first-order chi connectivity index (χ1) is 8.04. The van der Waals surface area contributed by atoms with Crippen LogP contribution in [-0.2, 0) is 16.0 Å². The van der Waals surface area contributed by atoms with Gasteiger partial charge in [-0.05, 0) is 37.0 Å². The summed E-state index contributed by atoms with van der Waals surface area (Å²) in [5, 5.41) is 9.91. The van der Waals surface area contributed by atoms with Crippen molar-refractivity contribution in [3.8, 4) is 0 Å². The third-order valence-electron chi connectivity index (χ3n) is 3.37. The first kappa shape index (κ1) is 12.1. The lowest BCUT2D eigenvalue weighted by Gasteiger charge is -2.22. The Balaban J connectivity index is 2.28. The van der Waals surface area contributed by atoms with Crippen LogP contribution in [0, 0.1) is 5.41 Å². The van der Waals surface area contributed by atoms with Crippen LogP contribution in [0.15, 0.2) is 24.3 Å². The Kier molecular flexibility index (Phi) is 3.20. The van der Waals surface area contributed by atoms with Gasteiger partial charge in [0.2, 0.25) is 0 Å². The first-order valence-electron chi connectivity index (χ1n) is 5.56. The molecule has 0 radical (unpaired) electrons. The van der Waals surface area contributed by atoms with Gasteiger partial charge in [0.1, 0.15) is 5.41 Å². The summed E-state index contributed by atoms with van der Waals surface area (Å²) in [6.45, 7) is 0. The maximum atomic E-state index is 11.8. The number of benzene rings is 1. The molecule has 1 aromatic rings. The Morgan fingerprint density at radius 2 is 2.00 bits per heavy atom. The van der Waals surface area contributed by atoms with Crippen LogP contribution in [0.5, 0.6) is 0 Å². The van der Waals surface area contributed by atoms with Gasteiger partial charge in [-0.25, -0.2) is 0 Å². The predicted molar refractivity (Wildman–Crippen MR) is 64.1 cm³/mol. The highest BCUT2D eigenvalue weighted by atomic mass is 35.5. The van der Waals surface area contributed by atoms with Gasteiger partial charge >= 0.3 is 5.97 Å². The van der Waals surface area contributed by atoms with Gasteiger partial charge in [0.05, 0.1) is 0 Å². The number of aliphatic carboxylic acids is 1. The summed E-state index contributed by atoms with van der Waals surface area (Å²) in [4.78, 5) is 23.2. The molecule has 1 N–H and O–H groups in total. The fraction of sp³-hybridized carbons (Fsp3) is 0.385. The van der Waals surface area contributed by atoms with Crippen molar-refractivity contribution < 1.29 is 14.7 Å². The van der Waals surface area contributed by atoms with Crippen LogP contribution >= 0.6 is 11.6 Å². The maximum absolute atomic E-state index is 11.8. The minimum Gasteiger partial charge on any atom is -0.480 e. The van der Waals surface area contributed by atoms with Crippen LogP contribution < -0.4 is 0 Å². The third kappa shape index (κ3) is 2.20. The van der Waals surface area contributed by atoms with Gasteiger partial charge in [0.25, 0.3) is 0 Å². The molecular formula is C13H13ClO3. The van der Waals surface area contributed by atoms with E-state index in [1.807, 2.05) is 0 Å². The standard InChI is InChI=1S/C13H13ClO3/c14-10-5-3-9(4-6-10)8-13(12(16)17)7-1-2-11(13)15/h3-6H,1-2,7-8H2,(H,16,17). The fourth-order valence-corrected chi connectivity index (χ4v) is 2.49. The number of carbonyl (C=O) groups excluding carboxylic acids is 1. The Bertz CT molecular complexity index is 452. The Hall–Kier alpha value is -1.35. The molecule has 2 rings (SSSR count). The summed E-state index contributed by atoms with van der Waals surface area (Å²) in [6.07, 6.45) is 1.74. The van der Waals surface area contributed by atoms with Crippen LogP contribution in [0.1, 0.15) is 24.8 Å². The summed E-state index contributed by atoms with van der Waals surface area (Å²) in [5.74, 6) is -1.16. The highest BCUT2D eigenvalue weighted by Gasteiger charge is 2.48. The van der Waals surface area contributed by atoms with E-state index in [-0.39, 0.29) is 12.2 Å². The highest BCUT2D eigenvalue weighted by Crippen LogP contribution is 2.38. The molecule has 0 amide bonds. The molecule has 0 saturated heterocycles. The Morgan fingerprint density at radius 1 is 1.35 bits per heavy atom. The number of hydrogen-bond acceptors (Lipinski definition) is 2. The van der Waals surface area contributed by atoms with Gasteiger partial charge in [0.15, 0.2) is 5.78 Å². The minimum atomic E-state index is -1.21. The molecule has 4 heteroatoms. The van der Waals surface area contributed by atoms with Gasteiger partial charge in [-0.1, -0.05) is 23.7 Å². The Labute approximate surface area is 104 Å². The number of hydrogen-bond donors (Lipinski definition) is 1. The Morgan fingerprint density at radius 3 is 2.47 bits per heavy atom. The van der Waals surface area contributed by atoms with E-state index in [0.29, 0.717) is 24.3 Å². The topological polar surface area (TPSA) is 54.4 Å². The summed E-state index contributed by atoms with van der Waals surface area (Å²) >= 11 is 5.77. The number of rotatable bonds is 3. The van der Waals surface area contributed by atoms with Crippen molar-refractivity contribution in [2.24, 2.45) is 5.41 Å². The molecule has 17 heavy (non-hydrogen) atoms. The molecule has 0 heterocycles. The zero-order valence-corrected chi connectivity index (χ0v) is 10.0. The maximum Gasteiger partial charge on any atom is 0.317 e. The second-order valence-corrected chi connectivity index (χ2v) is 4.90. The van der Waals surface area contributed by atoms with E-state index in [0.717, 1.165) is 5.56 Å². The number of halogens is 1. The normalized spacial score (nSPS) is 23.9. The minimum absolute atomic E-state index is 0.153. The molecule has 1 saturated carbocycles. The van der Waals surface area contributed by atoms with Crippen molar-refractivity contribution >= 4 is 23.4 Å². The average molecular weight is 253 g/mol. The molecule has 1 fully saturated rings. The molecule has 1 atom stereocenters. The molecule has 0 aliphatic heterocycles. The number of ketones is 1. The van der Waals surface area contributed by atoms with Crippen LogP contribution in [0.25, 0.3) is 0 Å². The van der Waals surface area contributed by atoms with Crippen LogP contribution in [0.4, 0.5) is 0 Å². The van der Waals surface area contributed by atoms with E-state index in [1.165, 1.54) is 0 Å². The summed E-state index contributed by atoms with van der Waals surface area (Å²) in [6, 6.07) is 6.98. The van der Waals surface area contributed by atoms with E-state index in [1.54, 1.807) is 24.3 Å². The van der Waals surface area contributed by atoms with Crippen molar-refractivity contribution in [1.82, 2.24) is 0 Å². The number of carboxylic acid groups (broad SMARTS) is 1. The van der Waals surface area contributed by atoms with Crippen LogP contribution in [0.2, 0.25) is 5.02 Å². The van der Waals surface area contributed by atoms with Crippen molar-refractivity contribution in [3.63, 3.8) is 0 Å². The van der Waals surface area contributed by atoms with Crippen molar-refractivity contribution in [2.75, 3.05) is 0 Å². The highest BCUT2D eigenvalue weighted by molar-refractivity contribution is 6.30. The van der Waals surface area contributed by atoms with E-state index in [4.69, 9.17) is 11.6 Å². The lowest BCUT2D eigenvalue weighted by Crippen LogP contribution is -2.37. The number of Topliss-reactive ketones (excluding diaryl/α,β-unsaturated/α-hetero) is 1. The van der Waals surface area contributed by atoms with Crippen molar-refractivity contribution in [2.45, 2.75) is 25.7 Å². The average Bonchev–Trinajstić information content (AvgIpc) is 2.65. The summed E-state index contributed by atoms with van der Waals surface area (Å²) < 4.78 is 0. The third-order valence-corrected chi connectivity index (χ3v) is 3.62. The number of carboxylic acids is 1. The SMILES string of the molecule is O=C(O)C1(Cc2ccc(Cl)cc2)CCCC1=O. The summed E-state index contributed by atoms with van der Waals surface area (Å²) in [5.41, 5.74) is -0.375. The lowest BCUT2D eigenvalue weighted by atomic mass is 9.79. The second kappa shape index (κ2) is 4.49. The molecule has 1 aromatic carbocycles. The van der Waals surface area contributed by atoms with E-state index < -0.39 is 11.4 Å². The molecule has 90 valence electrons. The lowest BCUT2D eigenvalue weighted by molar-refractivity contribution is -0.153. The number of carbonyl (C=O) groups is 2. The van der Waals surface area contributed by atoms with E-state index in [9.17, 15) is 14.7 Å². The molecule has 0 aromatic heterocycles. The molecule has 1 aliphatic carbocycles. The second-order valence-electron chi connectivity index (χ2n) is 4.47. The summed E-state index contributed by atoms with van der Waals surface area (Å²) in [7, 11) is 0. The molecular weight excluding hydrogens is 240 g/mol. The van der Waals surface area contributed by atoms with Crippen LogP contribution in [-0.4, -0.2) is 16.9 Å². The van der Waals surface area contributed by atoms with Crippen LogP contribution in [0.3, 0.4) is 0 Å². The van der Waals surface area contributed by atoms with E-state index >= 15 is 0 Å². The molecule has 1 unspecified atom stereocenters. The van der Waals surface area contributed by atoms with Gasteiger partial charge in [-0.3, -0.25) is 9.59 Å². The van der Waals surface area contributed by atoms with Crippen molar-refractivity contribution in [3.05, 3.63) is 34.9 Å². The molecule has 3 nitrogen and oxygen atoms in total. The van der Waals surface area contributed by atoms with Crippen molar-refractivity contribution in [1.29, 1.82) is 0 Å². The quantitative estimate of drug-likeness (QED) is 0.842. The van der Waals surface area contributed by atoms with E-state index in [2.05, 4.69) is 0 Å². The predicted octanol–water partition coefficient (Wildman–Crippen LogP) is 2.71. The molecule has 0 bridgehead atoms. The van der Waals surface area contributed by atoms with Gasteiger partial charge < -0.3 is 5.11 Å². The zero-order valence-electron chi connectivity index (χ0n) is 9.28. The smallest absolute Gasteiger partial charge is 0.317 e. The van der Waals surface area contributed by atoms with Gasteiger partial charge in [-0.15, -0.1) is 0 Å². The molecule has 0 spiro atoms. The zero-order chi connectivity index (χ0) is 12.5.